The van der Waals surface area contributed by atoms with E-state index in [4.69, 9.17) is 9.82 Å². The topological polar surface area (TPSA) is 94.8 Å². The van der Waals surface area contributed by atoms with Gasteiger partial charge in [-0.2, -0.15) is 0 Å². The fourth-order valence-electron chi connectivity index (χ4n) is 3.82. The fourth-order valence-corrected chi connectivity index (χ4v) is 3.82. The van der Waals surface area contributed by atoms with E-state index in [2.05, 4.69) is 36.6 Å². The Morgan fingerprint density at radius 2 is 2.00 bits per heavy atom. The van der Waals surface area contributed by atoms with Crippen molar-refractivity contribution in [2.45, 2.75) is 25.4 Å². The number of H-pyrrole nitrogens is 2. The van der Waals surface area contributed by atoms with Crippen LogP contribution >= 0.6 is 0 Å². The van der Waals surface area contributed by atoms with Crippen LogP contribution in [0, 0.1) is 0 Å². The summed E-state index contributed by atoms with van der Waals surface area (Å²) in [5.74, 6) is 0.715. The van der Waals surface area contributed by atoms with Gasteiger partial charge in [0.15, 0.2) is 5.75 Å². The van der Waals surface area contributed by atoms with Gasteiger partial charge in [0.05, 0.1) is 11.1 Å². The zero-order valence-corrected chi connectivity index (χ0v) is 16.7. The van der Waals surface area contributed by atoms with E-state index in [1.165, 1.54) is 0 Å². The Morgan fingerprint density at radius 1 is 1.03 bits per heavy atom. The molecule has 8 heteroatoms. The summed E-state index contributed by atoms with van der Waals surface area (Å²) in [5.41, 5.74) is 7.84. The van der Waals surface area contributed by atoms with Crippen LogP contribution in [-0.4, -0.2) is 36.0 Å². The Balaban J connectivity index is 1.23. The second-order valence-electron chi connectivity index (χ2n) is 7.76. The van der Waals surface area contributed by atoms with Crippen molar-refractivity contribution >= 4 is 22.1 Å². The maximum absolute atomic E-state index is 5.97. The lowest BCUT2D eigenvalue weighted by Gasteiger charge is -2.22. The smallest absolute Gasteiger partial charge is 0.175 e. The summed E-state index contributed by atoms with van der Waals surface area (Å²) in [6.45, 7) is 0.734. The summed E-state index contributed by atoms with van der Waals surface area (Å²) in [6.07, 6.45) is 11.5. The number of hydrogen-bond acceptors (Lipinski definition) is 6. The zero-order valence-electron chi connectivity index (χ0n) is 16.7. The van der Waals surface area contributed by atoms with Gasteiger partial charge in [-0.25, -0.2) is 15.0 Å². The fraction of sp³-hybridized carbons (Fsp3) is 0.174. The maximum atomic E-state index is 5.97. The van der Waals surface area contributed by atoms with Crippen LogP contribution in [0.15, 0.2) is 67.4 Å². The third-order valence-electron chi connectivity index (χ3n) is 5.57. The molecule has 5 aromatic heterocycles. The average Bonchev–Trinajstić information content (AvgIpc) is 3.40. The molecule has 1 fully saturated rings. The molecule has 6 rings (SSSR count). The molecule has 0 amide bonds. The SMILES string of the molecule is c1cncc(CN(NOc2c[nH]c3nc(-c4ccnc5[nH]ccc45)ccc23)C2CC2)c1. The number of rotatable bonds is 7. The van der Waals surface area contributed by atoms with Crippen molar-refractivity contribution in [1.29, 1.82) is 0 Å². The normalized spacial score (nSPS) is 14.0. The van der Waals surface area contributed by atoms with E-state index in [-0.39, 0.29) is 0 Å². The van der Waals surface area contributed by atoms with Crippen LogP contribution in [0.2, 0.25) is 0 Å². The second-order valence-corrected chi connectivity index (χ2v) is 7.76. The largest absolute Gasteiger partial charge is 0.391 e. The highest BCUT2D eigenvalue weighted by molar-refractivity contribution is 5.93. The lowest BCUT2D eigenvalue weighted by atomic mass is 10.1. The quantitative estimate of drug-likeness (QED) is 0.351. The summed E-state index contributed by atoms with van der Waals surface area (Å²) >= 11 is 0. The van der Waals surface area contributed by atoms with Crippen molar-refractivity contribution in [1.82, 2.24) is 35.5 Å². The van der Waals surface area contributed by atoms with Gasteiger partial charge < -0.3 is 14.8 Å². The Bertz CT molecular complexity index is 1340. The van der Waals surface area contributed by atoms with E-state index >= 15 is 0 Å². The highest BCUT2D eigenvalue weighted by Crippen LogP contribution is 2.31. The number of pyridine rings is 3. The van der Waals surface area contributed by atoms with Crippen LogP contribution in [0.5, 0.6) is 5.75 Å². The molecule has 0 radical (unpaired) electrons. The predicted octanol–water partition coefficient (Wildman–Crippen LogP) is 3.96. The molecule has 0 atom stereocenters. The number of hydrogen-bond donors (Lipinski definition) is 3. The Labute approximate surface area is 178 Å². The molecule has 3 N–H and O–H groups in total. The number of fused-ring (bicyclic) bond motifs is 2. The van der Waals surface area contributed by atoms with Crippen LogP contribution in [0.1, 0.15) is 18.4 Å². The van der Waals surface area contributed by atoms with E-state index in [9.17, 15) is 0 Å². The minimum Gasteiger partial charge on any atom is -0.391 e. The molecule has 1 aliphatic rings. The molecule has 154 valence electrons. The molecule has 1 saturated carbocycles. The Kier molecular flexibility index (Phi) is 4.37. The number of hydrazine groups is 1. The number of nitrogens with zero attached hydrogens (tertiary/aromatic N) is 4. The summed E-state index contributed by atoms with van der Waals surface area (Å²) in [5, 5.41) is 4.10. The van der Waals surface area contributed by atoms with Crippen molar-refractivity contribution in [2.75, 3.05) is 0 Å². The van der Waals surface area contributed by atoms with Crippen molar-refractivity contribution in [3.63, 3.8) is 0 Å². The van der Waals surface area contributed by atoms with Crippen molar-refractivity contribution < 1.29 is 4.84 Å². The maximum Gasteiger partial charge on any atom is 0.175 e. The van der Waals surface area contributed by atoms with E-state index in [1.54, 1.807) is 12.4 Å². The molecule has 8 nitrogen and oxygen atoms in total. The van der Waals surface area contributed by atoms with Gasteiger partial charge in [-0.3, -0.25) is 4.98 Å². The highest BCUT2D eigenvalue weighted by Gasteiger charge is 2.30. The molecule has 5 aromatic rings. The summed E-state index contributed by atoms with van der Waals surface area (Å²) < 4.78 is 0. The highest BCUT2D eigenvalue weighted by atomic mass is 16.7. The van der Waals surface area contributed by atoms with Gasteiger partial charge in [-0.05, 0) is 48.7 Å². The standard InChI is InChI=1S/C23H21N7O/c1-2-15(12-24-9-1)14-30(16-3-4-16)29-31-21-13-27-23-19(21)5-6-20(28-23)17-7-10-25-22-18(17)8-11-26-22/h1-2,5-13,16,29H,3-4,14H2,(H,25,26)(H,27,28). The first-order valence-electron chi connectivity index (χ1n) is 10.3. The second kappa shape index (κ2) is 7.50. The average molecular weight is 411 g/mol. The summed E-state index contributed by atoms with van der Waals surface area (Å²) in [7, 11) is 0. The number of nitrogens with one attached hydrogen (secondary N) is 3. The first kappa shape index (κ1) is 18.1. The van der Waals surface area contributed by atoms with Gasteiger partial charge in [0.25, 0.3) is 0 Å². The molecule has 0 spiro atoms. The number of aromatic nitrogens is 5. The van der Waals surface area contributed by atoms with E-state index in [0.717, 1.165) is 58.3 Å². The lowest BCUT2D eigenvalue weighted by molar-refractivity contribution is -0.00886. The predicted molar refractivity (Wildman–Crippen MR) is 118 cm³/mol. The molecule has 31 heavy (non-hydrogen) atoms. The molecular formula is C23H21N7O. The molecular weight excluding hydrogens is 390 g/mol. The van der Waals surface area contributed by atoms with Crippen molar-refractivity contribution in [3.05, 3.63) is 72.9 Å². The molecule has 0 aliphatic heterocycles. The Morgan fingerprint density at radius 3 is 2.87 bits per heavy atom. The Hall–Kier alpha value is -3.75. The van der Waals surface area contributed by atoms with Gasteiger partial charge in [0.1, 0.15) is 11.3 Å². The van der Waals surface area contributed by atoms with Crippen LogP contribution in [-0.2, 0) is 6.54 Å². The molecule has 5 heterocycles. The molecule has 0 unspecified atom stereocenters. The van der Waals surface area contributed by atoms with Gasteiger partial charge in [0.2, 0.25) is 0 Å². The van der Waals surface area contributed by atoms with Crippen molar-refractivity contribution in [2.24, 2.45) is 0 Å². The summed E-state index contributed by atoms with van der Waals surface area (Å²) in [4.78, 5) is 25.7. The van der Waals surface area contributed by atoms with Crippen LogP contribution in [0.25, 0.3) is 33.3 Å². The molecule has 0 saturated heterocycles. The summed E-state index contributed by atoms with van der Waals surface area (Å²) in [6, 6.07) is 12.6. The van der Waals surface area contributed by atoms with E-state index < -0.39 is 0 Å². The zero-order chi connectivity index (χ0) is 20.6. The first-order valence-corrected chi connectivity index (χ1v) is 10.3. The van der Waals surface area contributed by atoms with Gasteiger partial charge >= 0.3 is 0 Å². The first-order chi connectivity index (χ1) is 15.3. The van der Waals surface area contributed by atoms with Gasteiger partial charge in [-0.1, -0.05) is 11.7 Å². The van der Waals surface area contributed by atoms with Gasteiger partial charge in [0, 0.05) is 54.5 Å². The van der Waals surface area contributed by atoms with Crippen LogP contribution in [0.4, 0.5) is 0 Å². The van der Waals surface area contributed by atoms with Crippen LogP contribution in [0.3, 0.4) is 0 Å². The molecule has 1 aliphatic carbocycles. The van der Waals surface area contributed by atoms with E-state index in [0.29, 0.717) is 11.8 Å². The number of aromatic amines is 2. The third kappa shape index (κ3) is 3.52. The molecule has 0 bridgehead atoms. The van der Waals surface area contributed by atoms with E-state index in [1.807, 2.05) is 48.9 Å². The molecule has 0 aromatic carbocycles. The monoisotopic (exact) mass is 411 g/mol. The van der Waals surface area contributed by atoms with Crippen molar-refractivity contribution in [3.8, 4) is 17.0 Å². The van der Waals surface area contributed by atoms with Crippen LogP contribution < -0.4 is 10.4 Å². The van der Waals surface area contributed by atoms with Gasteiger partial charge in [-0.15, -0.1) is 0 Å². The lowest BCUT2D eigenvalue weighted by Crippen LogP contribution is -2.41. The minimum atomic E-state index is 0.477. The third-order valence-corrected chi connectivity index (χ3v) is 5.57. The minimum absolute atomic E-state index is 0.477.